The SMILES string of the molecule is CC=C(CC)Oc1c(OC(C)C)c(=O)n(CCCCCC)c2cc(N)ccc12. The van der Waals surface area contributed by atoms with Crippen molar-refractivity contribution in [3.8, 4) is 11.5 Å². The van der Waals surface area contributed by atoms with Crippen molar-refractivity contribution in [1.29, 1.82) is 0 Å². The van der Waals surface area contributed by atoms with Gasteiger partial charge in [-0.1, -0.05) is 33.1 Å². The van der Waals surface area contributed by atoms with E-state index in [0.29, 0.717) is 18.0 Å². The maximum atomic E-state index is 13.4. The van der Waals surface area contributed by atoms with Crippen LogP contribution in [-0.4, -0.2) is 10.7 Å². The number of nitrogens with two attached hydrogens (primary N) is 1. The third-order valence-corrected chi connectivity index (χ3v) is 4.70. The Labute approximate surface area is 168 Å². The van der Waals surface area contributed by atoms with E-state index in [4.69, 9.17) is 15.2 Å². The lowest BCUT2D eigenvalue weighted by molar-refractivity contribution is 0.226. The van der Waals surface area contributed by atoms with Gasteiger partial charge in [0.25, 0.3) is 5.56 Å². The molecule has 1 heterocycles. The minimum absolute atomic E-state index is 0.134. The number of hydrogen-bond acceptors (Lipinski definition) is 4. The molecule has 1 aromatic heterocycles. The van der Waals surface area contributed by atoms with Crippen molar-refractivity contribution in [3.05, 3.63) is 40.4 Å². The first kappa shape index (κ1) is 21.9. The van der Waals surface area contributed by atoms with Crippen LogP contribution in [0.5, 0.6) is 11.5 Å². The van der Waals surface area contributed by atoms with Crippen molar-refractivity contribution in [2.45, 2.75) is 79.4 Å². The van der Waals surface area contributed by atoms with Crippen LogP contribution in [-0.2, 0) is 6.54 Å². The van der Waals surface area contributed by atoms with Crippen LogP contribution < -0.4 is 20.8 Å². The Kier molecular flexibility index (Phi) is 7.97. The molecule has 0 saturated heterocycles. The Morgan fingerprint density at radius 3 is 2.54 bits per heavy atom. The summed E-state index contributed by atoms with van der Waals surface area (Å²) in [5, 5.41) is 0.841. The van der Waals surface area contributed by atoms with E-state index in [1.165, 1.54) is 0 Å². The van der Waals surface area contributed by atoms with Crippen molar-refractivity contribution >= 4 is 16.6 Å². The van der Waals surface area contributed by atoms with Gasteiger partial charge in [-0.25, -0.2) is 0 Å². The number of nitrogen functional groups attached to an aromatic ring is 1. The number of fused-ring (bicyclic) bond motifs is 1. The Balaban J connectivity index is 2.69. The number of rotatable bonds is 10. The lowest BCUT2D eigenvalue weighted by atomic mass is 10.1. The third kappa shape index (κ3) is 5.09. The minimum atomic E-state index is -0.162. The van der Waals surface area contributed by atoms with Crippen molar-refractivity contribution in [2.75, 3.05) is 5.73 Å². The number of hydrogen-bond donors (Lipinski definition) is 1. The number of ether oxygens (including phenoxy) is 2. The molecule has 0 radical (unpaired) electrons. The van der Waals surface area contributed by atoms with Crippen LogP contribution in [0.2, 0.25) is 0 Å². The summed E-state index contributed by atoms with van der Waals surface area (Å²) in [7, 11) is 0. The molecule has 0 spiro atoms. The number of aryl methyl sites for hydroxylation is 1. The second-order valence-corrected chi connectivity index (χ2v) is 7.33. The summed E-state index contributed by atoms with van der Waals surface area (Å²) in [6.07, 6.45) is 6.85. The Bertz CT molecular complexity index is 882. The zero-order valence-corrected chi connectivity index (χ0v) is 17.9. The summed E-state index contributed by atoms with van der Waals surface area (Å²) in [6.45, 7) is 10.6. The smallest absolute Gasteiger partial charge is 0.297 e. The summed E-state index contributed by atoms with van der Waals surface area (Å²) < 4.78 is 13.9. The first-order chi connectivity index (χ1) is 13.4. The molecule has 2 aromatic rings. The van der Waals surface area contributed by atoms with Gasteiger partial charge in [-0.05, 0) is 51.5 Å². The van der Waals surface area contributed by atoms with Gasteiger partial charge in [-0.2, -0.15) is 0 Å². The molecule has 5 heteroatoms. The van der Waals surface area contributed by atoms with Crippen LogP contribution in [0.3, 0.4) is 0 Å². The van der Waals surface area contributed by atoms with Crippen LogP contribution in [0.15, 0.2) is 34.8 Å². The molecule has 0 bridgehead atoms. The Hall–Kier alpha value is -2.43. The van der Waals surface area contributed by atoms with Crippen molar-refractivity contribution in [1.82, 2.24) is 4.57 Å². The van der Waals surface area contributed by atoms with Crippen LogP contribution in [0.4, 0.5) is 5.69 Å². The molecule has 2 N–H and O–H groups in total. The average Bonchev–Trinajstić information content (AvgIpc) is 2.67. The number of benzene rings is 1. The molecule has 0 fully saturated rings. The zero-order valence-electron chi connectivity index (χ0n) is 17.9. The molecule has 0 saturated carbocycles. The molecule has 0 aliphatic rings. The molecular weight excluding hydrogens is 352 g/mol. The lowest BCUT2D eigenvalue weighted by Gasteiger charge is -2.20. The van der Waals surface area contributed by atoms with Crippen LogP contribution in [0.25, 0.3) is 10.9 Å². The van der Waals surface area contributed by atoms with Gasteiger partial charge < -0.3 is 19.8 Å². The maximum absolute atomic E-state index is 13.4. The van der Waals surface area contributed by atoms with E-state index in [1.807, 2.05) is 52.0 Å². The molecule has 0 unspecified atom stereocenters. The Morgan fingerprint density at radius 1 is 1.18 bits per heavy atom. The molecule has 2 rings (SSSR count). The molecule has 154 valence electrons. The van der Waals surface area contributed by atoms with Gasteiger partial charge >= 0.3 is 0 Å². The monoisotopic (exact) mass is 386 g/mol. The van der Waals surface area contributed by atoms with Gasteiger partial charge in [-0.15, -0.1) is 0 Å². The highest BCUT2D eigenvalue weighted by Crippen LogP contribution is 2.36. The van der Waals surface area contributed by atoms with E-state index in [0.717, 1.165) is 48.8 Å². The van der Waals surface area contributed by atoms with Crippen molar-refractivity contribution in [2.24, 2.45) is 0 Å². The number of nitrogens with zero attached hydrogens (tertiary/aromatic N) is 1. The van der Waals surface area contributed by atoms with Crippen LogP contribution >= 0.6 is 0 Å². The highest BCUT2D eigenvalue weighted by atomic mass is 16.5. The zero-order chi connectivity index (χ0) is 20.7. The van der Waals surface area contributed by atoms with Gasteiger partial charge in [0, 0.05) is 24.0 Å². The predicted molar refractivity (Wildman–Crippen MR) is 117 cm³/mol. The number of allylic oxidation sites excluding steroid dienone is 2. The molecule has 0 atom stereocenters. The fourth-order valence-electron chi connectivity index (χ4n) is 3.24. The van der Waals surface area contributed by atoms with Gasteiger partial charge in [0.2, 0.25) is 5.75 Å². The topological polar surface area (TPSA) is 66.5 Å². The molecule has 0 amide bonds. The van der Waals surface area contributed by atoms with Gasteiger partial charge in [0.1, 0.15) is 0 Å². The number of anilines is 1. The van der Waals surface area contributed by atoms with E-state index < -0.39 is 0 Å². The highest BCUT2D eigenvalue weighted by Gasteiger charge is 2.21. The lowest BCUT2D eigenvalue weighted by Crippen LogP contribution is -2.25. The first-order valence-electron chi connectivity index (χ1n) is 10.4. The quantitative estimate of drug-likeness (QED) is 0.326. The van der Waals surface area contributed by atoms with E-state index in [-0.39, 0.29) is 17.4 Å². The standard InChI is InChI=1S/C23H34N2O3/c1-6-9-10-11-14-25-20-15-17(24)12-13-19(20)21(28-18(7-2)8-3)22(23(25)26)27-16(4)5/h7,12-13,15-16H,6,8-11,14,24H2,1-5H3. The fraction of sp³-hybridized carbons (Fsp3) is 0.522. The molecule has 5 nitrogen and oxygen atoms in total. The Morgan fingerprint density at radius 2 is 1.93 bits per heavy atom. The van der Waals surface area contributed by atoms with Crippen LogP contribution in [0, 0.1) is 0 Å². The van der Waals surface area contributed by atoms with E-state index in [9.17, 15) is 4.79 Å². The molecule has 1 aromatic carbocycles. The van der Waals surface area contributed by atoms with E-state index >= 15 is 0 Å². The van der Waals surface area contributed by atoms with Crippen molar-refractivity contribution < 1.29 is 9.47 Å². The number of unbranched alkanes of at least 4 members (excludes halogenated alkanes) is 3. The van der Waals surface area contributed by atoms with E-state index in [2.05, 4.69) is 6.92 Å². The molecular formula is C23H34N2O3. The maximum Gasteiger partial charge on any atom is 0.297 e. The number of aromatic nitrogens is 1. The average molecular weight is 387 g/mol. The molecule has 28 heavy (non-hydrogen) atoms. The van der Waals surface area contributed by atoms with Gasteiger partial charge in [0.15, 0.2) is 5.75 Å². The number of pyridine rings is 1. The van der Waals surface area contributed by atoms with Gasteiger partial charge in [0.05, 0.1) is 17.4 Å². The second-order valence-electron chi connectivity index (χ2n) is 7.33. The van der Waals surface area contributed by atoms with Gasteiger partial charge in [-0.3, -0.25) is 4.79 Å². The summed E-state index contributed by atoms with van der Waals surface area (Å²) in [4.78, 5) is 13.4. The summed E-state index contributed by atoms with van der Waals surface area (Å²) in [5.74, 6) is 1.55. The summed E-state index contributed by atoms with van der Waals surface area (Å²) >= 11 is 0. The minimum Gasteiger partial charge on any atom is -0.482 e. The summed E-state index contributed by atoms with van der Waals surface area (Å²) in [5.41, 5.74) is 7.30. The fourth-order valence-corrected chi connectivity index (χ4v) is 3.24. The van der Waals surface area contributed by atoms with Crippen LogP contribution in [0.1, 0.15) is 66.7 Å². The van der Waals surface area contributed by atoms with Crippen molar-refractivity contribution in [3.63, 3.8) is 0 Å². The summed E-state index contributed by atoms with van der Waals surface area (Å²) in [6, 6.07) is 5.60. The largest absolute Gasteiger partial charge is 0.482 e. The third-order valence-electron chi connectivity index (χ3n) is 4.70. The van der Waals surface area contributed by atoms with E-state index in [1.54, 1.807) is 4.57 Å². The molecule has 0 aliphatic heterocycles. The second kappa shape index (κ2) is 10.2. The normalized spacial score (nSPS) is 12.0. The highest BCUT2D eigenvalue weighted by molar-refractivity contribution is 5.90. The predicted octanol–water partition coefficient (Wildman–Crippen LogP) is 5.64. The molecule has 0 aliphatic carbocycles. The first-order valence-corrected chi connectivity index (χ1v) is 10.4.